The van der Waals surface area contributed by atoms with Crippen molar-refractivity contribution in [2.24, 2.45) is 0 Å². The van der Waals surface area contributed by atoms with Crippen molar-refractivity contribution < 1.29 is 19.8 Å². The molecule has 0 aromatic heterocycles. The fraction of sp³-hybridized carbons (Fsp3) is 0.429. The number of rotatable bonds is 12. The Labute approximate surface area is 212 Å². The van der Waals surface area contributed by atoms with Gasteiger partial charge >= 0.3 is 0 Å². The van der Waals surface area contributed by atoms with Crippen molar-refractivity contribution in [1.29, 1.82) is 0 Å². The molecule has 2 aromatic rings. The second-order valence-corrected chi connectivity index (χ2v) is 9.43. The average molecular weight is 499 g/mol. The summed E-state index contributed by atoms with van der Waals surface area (Å²) in [5.41, 5.74) is 1.13. The molecule has 1 atom stereocenters. The Morgan fingerprint density at radius 2 is 1.49 bits per heavy atom. The Bertz CT molecular complexity index is 1030. The monoisotopic (exact) mass is 498 g/mol. The second-order valence-electron chi connectivity index (χ2n) is 8.99. The number of unbranched alkanes of at least 4 members (excludes halogenated alkanes) is 2. The SMILES string of the molecule is CCCCN(CCCC)CCCN1C(=O)C(=O)C(=C(O)c2ccc(Cl)cc2)[C@H]1c1ccc(O)cc1. The van der Waals surface area contributed by atoms with E-state index < -0.39 is 17.7 Å². The number of carbonyl (C=O) groups excluding carboxylic acids is 2. The van der Waals surface area contributed by atoms with Crippen molar-refractivity contribution in [3.63, 3.8) is 0 Å². The number of hydrogen-bond donors (Lipinski definition) is 2. The highest BCUT2D eigenvalue weighted by molar-refractivity contribution is 6.46. The molecular weight excluding hydrogens is 464 g/mol. The summed E-state index contributed by atoms with van der Waals surface area (Å²) < 4.78 is 0. The van der Waals surface area contributed by atoms with Gasteiger partial charge in [0.2, 0.25) is 0 Å². The molecular formula is C28H35ClN2O4. The van der Waals surface area contributed by atoms with Crippen LogP contribution in [0, 0.1) is 0 Å². The molecule has 1 amide bonds. The van der Waals surface area contributed by atoms with Gasteiger partial charge in [-0.2, -0.15) is 0 Å². The van der Waals surface area contributed by atoms with Crippen LogP contribution in [-0.4, -0.2) is 57.9 Å². The van der Waals surface area contributed by atoms with Crippen molar-refractivity contribution in [3.8, 4) is 5.75 Å². The number of aliphatic hydroxyl groups excluding tert-OH is 1. The van der Waals surface area contributed by atoms with Crippen molar-refractivity contribution in [3.05, 3.63) is 70.3 Å². The number of ketones is 1. The minimum absolute atomic E-state index is 0.0526. The first-order chi connectivity index (χ1) is 16.9. The van der Waals surface area contributed by atoms with E-state index in [0.29, 0.717) is 22.7 Å². The fourth-order valence-electron chi connectivity index (χ4n) is 4.44. The van der Waals surface area contributed by atoms with Gasteiger partial charge in [-0.25, -0.2) is 0 Å². The highest BCUT2D eigenvalue weighted by Gasteiger charge is 2.45. The third-order valence-corrected chi connectivity index (χ3v) is 6.65. The summed E-state index contributed by atoms with van der Waals surface area (Å²) in [5.74, 6) is -1.46. The van der Waals surface area contributed by atoms with Gasteiger partial charge in [-0.1, -0.05) is 50.4 Å². The van der Waals surface area contributed by atoms with E-state index in [1.165, 1.54) is 12.1 Å². The van der Waals surface area contributed by atoms with E-state index in [-0.39, 0.29) is 17.1 Å². The Hall–Kier alpha value is -2.83. The Balaban J connectivity index is 1.90. The molecule has 0 unspecified atom stereocenters. The first-order valence-corrected chi connectivity index (χ1v) is 12.8. The summed E-state index contributed by atoms with van der Waals surface area (Å²) in [7, 11) is 0. The van der Waals surface area contributed by atoms with Gasteiger partial charge in [-0.3, -0.25) is 9.59 Å². The lowest BCUT2D eigenvalue weighted by atomic mass is 9.95. The van der Waals surface area contributed by atoms with E-state index in [1.54, 1.807) is 41.3 Å². The van der Waals surface area contributed by atoms with Crippen LogP contribution in [-0.2, 0) is 9.59 Å². The Morgan fingerprint density at radius 3 is 2.06 bits per heavy atom. The maximum Gasteiger partial charge on any atom is 0.295 e. The molecule has 1 heterocycles. The van der Waals surface area contributed by atoms with Gasteiger partial charge in [0.1, 0.15) is 11.5 Å². The number of phenolic OH excluding ortho intramolecular Hbond substituents is 1. The summed E-state index contributed by atoms with van der Waals surface area (Å²) in [5, 5.41) is 21.4. The zero-order valence-electron chi connectivity index (χ0n) is 20.5. The third kappa shape index (κ3) is 6.65. The highest BCUT2D eigenvalue weighted by atomic mass is 35.5. The second kappa shape index (κ2) is 12.8. The minimum Gasteiger partial charge on any atom is -0.508 e. The number of carbonyl (C=O) groups is 2. The van der Waals surface area contributed by atoms with Gasteiger partial charge in [0.25, 0.3) is 11.7 Å². The number of nitrogens with zero attached hydrogens (tertiary/aromatic N) is 2. The lowest BCUT2D eigenvalue weighted by Crippen LogP contribution is -2.34. The fourth-order valence-corrected chi connectivity index (χ4v) is 4.57. The molecule has 0 saturated carbocycles. The van der Waals surface area contributed by atoms with Crippen LogP contribution in [0.2, 0.25) is 5.02 Å². The van der Waals surface area contributed by atoms with E-state index in [0.717, 1.165) is 51.7 Å². The zero-order chi connectivity index (χ0) is 25.4. The number of aromatic hydroxyl groups is 1. The van der Waals surface area contributed by atoms with Gasteiger partial charge in [-0.15, -0.1) is 0 Å². The molecule has 7 heteroatoms. The number of Topliss-reactive ketones (excluding diaryl/α,β-unsaturated/α-hetero) is 1. The smallest absolute Gasteiger partial charge is 0.295 e. The molecule has 188 valence electrons. The molecule has 35 heavy (non-hydrogen) atoms. The molecule has 0 bridgehead atoms. The first-order valence-electron chi connectivity index (χ1n) is 12.4. The Morgan fingerprint density at radius 1 is 0.914 bits per heavy atom. The van der Waals surface area contributed by atoms with Crippen molar-refractivity contribution >= 4 is 29.1 Å². The van der Waals surface area contributed by atoms with Crippen molar-refractivity contribution in [2.45, 2.75) is 52.0 Å². The minimum atomic E-state index is -0.731. The van der Waals surface area contributed by atoms with Crippen LogP contribution >= 0.6 is 11.6 Å². The number of amides is 1. The third-order valence-electron chi connectivity index (χ3n) is 6.40. The van der Waals surface area contributed by atoms with Crippen LogP contribution in [0.1, 0.15) is 63.1 Å². The number of benzene rings is 2. The van der Waals surface area contributed by atoms with Crippen molar-refractivity contribution in [2.75, 3.05) is 26.2 Å². The number of likely N-dealkylation sites (tertiary alicyclic amines) is 1. The summed E-state index contributed by atoms with van der Waals surface area (Å²) in [6.45, 7) is 7.62. The molecule has 1 fully saturated rings. The molecule has 0 spiro atoms. The quantitative estimate of drug-likeness (QED) is 0.221. The van der Waals surface area contributed by atoms with Crippen LogP contribution in [0.15, 0.2) is 54.1 Å². The summed E-state index contributed by atoms with van der Waals surface area (Å²) in [6, 6.07) is 12.2. The zero-order valence-corrected chi connectivity index (χ0v) is 21.3. The average Bonchev–Trinajstić information content (AvgIpc) is 3.10. The van der Waals surface area contributed by atoms with Gasteiger partial charge < -0.3 is 20.0 Å². The lowest BCUT2D eigenvalue weighted by molar-refractivity contribution is -0.140. The van der Waals surface area contributed by atoms with E-state index in [2.05, 4.69) is 18.7 Å². The number of phenols is 1. The predicted molar refractivity (Wildman–Crippen MR) is 139 cm³/mol. The topological polar surface area (TPSA) is 81.1 Å². The Kier molecular flexibility index (Phi) is 9.75. The maximum absolute atomic E-state index is 13.1. The maximum atomic E-state index is 13.1. The van der Waals surface area contributed by atoms with Crippen LogP contribution < -0.4 is 0 Å². The number of hydrogen-bond acceptors (Lipinski definition) is 5. The predicted octanol–water partition coefficient (Wildman–Crippen LogP) is 5.76. The molecule has 2 aromatic carbocycles. The number of halogens is 1. The summed E-state index contributed by atoms with van der Waals surface area (Å²) in [6.07, 6.45) is 5.23. The highest BCUT2D eigenvalue weighted by Crippen LogP contribution is 2.40. The van der Waals surface area contributed by atoms with Crippen LogP contribution in [0.4, 0.5) is 0 Å². The van der Waals surface area contributed by atoms with E-state index in [1.807, 2.05) is 0 Å². The molecule has 1 aliphatic heterocycles. The molecule has 1 saturated heterocycles. The summed E-state index contributed by atoms with van der Waals surface area (Å²) >= 11 is 5.98. The van der Waals surface area contributed by atoms with Gasteiger partial charge in [-0.05, 0) is 80.9 Å². The lowest BCUT2D eigenvalue weighted by Gasteiger charge is -2.27. The van der Waals surface area contributed by atoms with E-state index in [4.69, 9.17) is 11.6 Å². The van der Waals surface area contributed by atoms with Crippen LogP contribution in [0.3, 0.4) is 0 Å². The molecule has 0 aliphatic carbocycles. The van der Waals surface area contributed by atoms with Crippen molar-refractivity contribution in [1.82, 2.24) is 9.80 Å². The van der Waals surface area contributed by atoms with Gasteiger partial charge in [0.15, 0.2) is 0 Å². The molecule has 2 N–H and O–H groups in total. The molecule has 0 radical (unpaired) electrons. The number of aliphatic hydroxyl groups is 1. The molecule has 6 nitrogen and oxygen atoms in total. The van der Waals surface area contributed by atoms with Crippen LogP contribution in [0.25, 0.3) is 5.76 Å². The first kappa shape index (κ1) is 26.8. The van der Waals surface area contributed by atoms with Gasteiger partial charge in [0.05, 0.1) is 11.6 Å². The summed E-state index contributed by atoms with van der Waals surface area (Å²) in [4.78, 5) is 30.2. The molecule has 1 aliphatic rings. The van der Waals surface area contributed by atoms with Crippen LogP contribution in [0.5, 0.6) is 5.75 Å². The molecule has 3 rings (SSSR count). The largest absolute Gasteiger partial charge is 0.508 e. The standard InChI is InChI=1S/C28H35ClN2O4/c1-3-5-16-30(17-6-4-2)18-7-19-31-25(20-10-14-23(32)15-11-20)24(27(34)28(31)35)26(33)21-8-12-22(29)13-9-21/h8-15,25,32-33H,3-7,16-19H2,1-2H3/t25-/m1/s1. The van der Waals surface area contributed by atoms with E-state index in [9.17, 15) is 19.8 Å². The normalized spacial score (nSPS) is 17.5. The van der Waals surface area contributed by atoms with Gasteiger partial charge in [0, 0.05) is 17.1 Å². The van der Waals surface area contributed by atoms with E-state index >= 15 is 0 Å².